The largest absolute Gasteiger partial charge is 0.463 e. The van der Waals surface area contributed by atoms with E-state index in [2.05, 4.69) is 23.9 Å². The molecule has 3 atom stereocenters. The lowest BCUT2D eigenvalue weighted by atomic mass is 9.64. The third-order valence-electron chi connectivity index (χ3n) is 4.35. The van der Waals surface area contributed by atoms with Crippen molar-refractivity contribution in [3.8, 4) is 0 Å². The summed E-state index contributed by atoms with van der Waals surface area (Å²) in [7, 11) is 3.09. The molecule has 1 heterocycles. The number of nitrogens with one attached hydrogen (secondary N) is 1. The molecule has 0 aromatic carbocycles. The smallest absolute Gasteiger partial charge is 0.373 e. The summed E-state index contributed by atoms with van der Waals surface area (Å²) in [6, 6.07) is 3.86. The van der Waals surface area contributed by atoms with E-state index in [1.165, 1.54) is 7.11 Å². The molecule has 2 rings (SSSR count). The van der Waals surface area contributed by atoms with Gasteiger partial charge >= 0.3 is 5.97 Å². The molecule has 0 saturated heterocycles. The van der Waals surface area contributed by atoms with Gasteiger partial charge in [0.15, 0.2) is 0 Å². The van der Waals surface area contributed by atoms with Gasteiger partial charge in [-0.25, -0.2) is 4.79 Å². The topological polar surface area (TPSA) is 60.7 Å². The zero-order valence-electron chi connectivity index (χ0n) is 12.7. The summed E-state index contributed by atoms with van der Waals surface area (Å²) in [5.74, 6) is 0.521. The molecular weight excluding hydrogens is 258 g/mol. The SMILES string of the molecule is COC(=O)c1ccc(C(C)NC2CC(OC)C2(C)C)o1. The quantitative estimate of drug-likeness (QED) is 0.840. The highest BCUT2D eigenvalue weighted by atomic mass is 16.5. The Morgan fingerprint density at radius 2 is 2.15 bits per heavy atom. The maximum Gasteiger partial charge on any atom is 0.373 e. The van der Waals surface area contributed by atoms with Gasteiger partial charge in [0.1, 0.15) is 5.76 Å². The number of rotatable bonds is 5. The summed E-state index contributed by atoms with van der Waals surface area (Å²) in [5.41, 5.74) is 0.0980. The van der Waals surface area contributed by atoms with E-state index in [9.17, 15) is 4.79 Å². The molecule has 1 saturated carbocycles. The van der Waals surface area contributed by atoms with Gasteiger partial charge in [0.2, 0.25) is 5.76 Å². The van der Waals surface area contributed by atoms with E-state index < -0.39 is 5.97 Å². The Morgan fingerprint density at radius 1 is 1.45 bits per heavy atom. The highest BCUT2D eigenvalue weighted by Crippen LogP contribution is 2.43. The van der Waals surface area contributed by atoms with Gasteiger partial charge in [-0.2, -0.15) is 0 Å². The Labute approximate surface area is 119 Å². The van der Waals surface area contributed by atoms with Gasteiger partial charge in [-0.3, -0.25) is 0 Å². The molecule has 0 radical (unpaired) electrons. The van der Waals surface area contributed by atoms with Crippen LogP contribution in [0.15, 0.2) is 16.5 Å². The first-order valence-corrected chi connectivity index (χ1v) is 6.87. The van der Waals surface area contributed by atoms with Crippen LogP contribution < -0.4 is 5.32 Å². The second-order valence-electron chi connectivity index (χ2n) is 5.92. The average molecular weight is 281 g/mol. The number of carbonyl (C=O) groups excluding carboxylic acids is 1. The maximum atomic E-state index is 11.4. The second-order valence-corrected chi connectivity index (χ2v) is 5.92. The second kappa shape index (κ2) is 5.58. The number of methoxy groups -OCH3 is 2. The Kier molecular flexibility index (Phi) is 4.20. The van der Waals surface area contributed by atoms with Crippen molar-refractivity contribution in [2.24, 2.45) is 5.41 Å². The molecule has 5 nitrogen and oxygen atoms in total. The van der Waals surface area contributed by atoms with E-state index in [0.717, 1.165) is 12.2 Å². The highest BCUT2D eigenvalue weighted by Gasteiger charge is 2.48. The Balaban J connectivity index is 1.97. The van der Waals surface area contributed by atoms with Gasteiger partial charge in [0.25, 0.3) is 0 Å². The number of furan rings is 1. The van der Waals surface area contributed by atoms with E-state index >= 15 is 0 Å². The van der Waals surface area contributed by atoms with E-state index in [4.69, 9.17) is 9.15 Å². The average Bonchev–Trinajstić information content (AvgIpc) is 2.91. The number of hydrogen-bond donors (Lipinski definition) is 1. The first-order valence-electron chi connectivity index (χ1n) is 6.87. The third-order valence-corrected chi connectivity index (χ3v) is 4.35. The normalized spacial score (nSPS) is 25.9. The van der Waals surface area contributed by atoms with E-state index in [1.54, 1.807) is 13.2 Å². The molecule has 1 fully saturated rings. The van der Waals surface area contributed by atoms with Gasteiger partial charge in [-0.15, -0.1) is 0 Å². The van der Waals surface area contributed by atoms with Crippen LogP contribution in [0.3, 0.4) is 0 Å². The van der Waals surface area contributed by atoms with Crippen molar-refractivity contribution in [3.05, 3.63) is 23.7 Å². The monoisotopic (exact) mass is 281 g/mol. The Hall–Kier alpha value is -1.33. The predicted molar refractivity (Wildman–Crippen MR) is 74.6 cm³/mol. The van der Waals surface area contributed by atoms with Crippen LogP contribution >= 0.6 is 0 Å². The van der Waals surface area contributed by atoms with Crippen molar-refractivity contribution >= 4 is 5.97 Å². The first kappa shape index (κ1) is 15.1. The van der Waals surface area contributed by atoms with Crippen LogP contribution in [0.4, 0.5) is 0 Å². The fraction of sp³-hybridized carbons (Fsp3) is 0.667. The lowest BCUT2D eigenvalue weighted by Gasteiger charge is -2.52. The van der Waals surface area contributed by atoms with E-state index in [0.29, 0.717) is 6.04 Å². The van der Waals surface area contributed by atoms with Crippen LogP contribution in [-0.2, 0) is 9.47 Å². The van der Waals surface area contributed by atoms with Crippen LogP contribution in [0, 0.1) is 5.41 Å². The minimum atomic E-state index is -0.452. The summed E-state index contributed by atoms with van der Waals surface area (Å²) in [6.45, 7) is 6.41. The van der Waals surface area contributed by atoms with Crippen LogP contribution in [0.25, 0.3) is 0 Å². The van der Waals surface area contributed by atoms with Gasteiger partial charge in [-0.05, 0) is 25.5 Å². The lowest BCUT2D eigenvalue weighted by Crippen LogP contribution is -2.60. The fourth-order valence-electron chi connectivity index (χ4n) is 2.75. The third kappa shape index (κ3) is 2.60. The highest BCUT2D eigenvalue weighted by molar-refractivity contribution is 5.86. The molecule has 1 N–H and O–H groups in total. The molecule has 5 heteroatoms. The molecule has 0 aliphatic heterocycles. The van der Waals surface area contributed by atoms with E-state index in [1.807, 2.05) is 13.0 Å². The Morgan fingerprint density at radius 3 is 2.70 bits per heavy atom. The van der Waals surface area contributed by atoms with Crippen LogP contribution in [0.2, 0.25) is 0 Å². The number of esters is 1. The number of carbonyl (C=O) groups is 1. The van der Waals surface area contributed by atoms with Crippen molar-refractivity contribution in [2.75, 3.05) is 14.2 Å². The molecule has 112 valence electrons. The van der Waals surface area contributed by atoms with Crippen LogP contribution in [-0.4, -0.2) is 32.3 Å². The zero-order chi connectivity index (χ0) is 14.9. The summed E-state index contributed by atoms with van der Waals surface area (Å²) < 4.78 is 15.6. The van der Waals surface area contributed by atoms with Crippen molar-refractivity contribution in [1.29, 1.82) is 0 Å². The van der Waals surface area contributed by atoms with Crippen molar-refractivity contribution in [1.82, 2.24) is 5.32 Å². The maximum absolute atomic E-state index is 11.4. The molecule has 1 aliphatic carbocycles. The van der Waals surface area contributed by atoms with Gasteiger partial charge in [0.05, 0.1) is 19.3 Å². The minimum absolute atomic E-state index is 0.0375. The van der Waals surface area contributed by atoms with Crippen molar-refractivity contribution < 1.29 is 18.7 Å². The molecule has 3 unspecified atom stereocenters. The molecule has 1 aromatic rings. The molecule has 0 bridgehead atoms. The summed E-state index contributed by atoms with van der Waals surface area (Å²) in [4.78, 5) is 11.4. The van der Waals surface area contributed by atoms with Crippen molar-refractivity contribution in [2.45, 2.75) is 45.4 Å². The standard InChI is InChI=1S/C15H23NO4/c1-9(10-6-7-11(20-10)14(17)19-5)16-12-8-13(18-4)15(12,2)3/h6-7,9,12-13,16H,8H2,1-5H3. The summed E-state index contributed by atoms with van der Waals surface area (Å²) in [5, 5.41) is 3.53. The number of hydrogen-bond acceptors (Lipinski definition) is 5. The molecular formula is C15H23NO4. The lowest BCUT2D eigenvalue weighted by molar-refractivity contribution is -0.100. The van der Waals surface area contributed by atoms with Gasteiger partial charge < -0.3 is 19.2 Å². The molecule has 1 aliphatic rings. The van der Waals surface area contributed by atoms with Crippen LogP contribution in [0.1, 0.15) is 49.5 Å². The van der Waals surface area contributed by atoms with Gasteiger partial charge in [-0.1, -0.05) is 13.8 Å². The summed E-state index contributed by atoms with van der Waals surface area (Å²) in [6.07, 6.45) is 1.27. The first-order chi connectivity index (χ1) is 9.40. The number of ether oxygens (including phenoxy) is 2. The molecule has 0 spiro atoms. The van der Waals surface area contributed by atoms with Gasteiger partial charge in [0, 0.05) is 18.6 Å². The van der Waals surface area contributed by atoms with Crippen molar-refractivity contribution in [3.63, 3.8) is 0 Å². The van der Waals surface area contributed by atoms with E-state index in [-0.39, 0.29) is 23.3 Å². The molecule has 20 heavy (non-hydrogen) atoms. The fourth-order valence-corrected chi connectivity index (χ4v) is 2.75. The Bertz CT molecular complexity index is 480. The molecule has 1 aromatic heterocycles. The van der Waals surface area contributed by atoms with Crippen LogP contribution in [0.5, 0.6) is 0 Å². The zero-order valence-corrected chi connectivity index (χ0v) is 12.7. The summed E-state index contributed by atoms with van der Waals surface area (Å²) >= 11 is 0. The molecule has 0 amide bonds. The predicted octanol–water partition coefficient (Wildman–Crippen LogP) is 2.53. The minimum Gasteiger partial charge on any atom is -0.463 e.